The predicted octanol–water partition coefficient (Wildman–Crippen LogP) is 3.03. The molecule has 2 aliphatic rings. The van der Waals surface area contributed by atoms with Gasteiger partial charge in [-0.15, -0.1) is 0 Å². The lowest BCUT2D eigenvalue weighted by molar-refractivity contribution is 0.328. The second-order valence-electron chi connectivity index (χ2n) is 6.12. The molecule has 0 bridgehead atoms. The Balaban J connectivity index is 1.69. The Morgan fingerprint density at radius 1 is 1.26 bits per heavy atom. The van der Waals surface area contributed by atoms with E-state index in [-0.39, 0.29) is 5.56 Å². The molecule has 2 saturated carbocycles. The highest BCUT2D eigenvalue weighted by molar-refractivity contribution is 5.35. The van der Waals surface area contributed by atoms with Crippen LogP contribution in [0, 0.1) is 5.92 Å². The summed E-state index contributed by atoms with van der Waals surface area (Å²) in [5, 5.41) is 3.44. The summed E-state index contributed by atoms with van der Waals surface area (Å²) in [7, 11) is 0. The normalized spacial score (nSPS) is 22.2. The third-order valence-corrected chi connectivity index (χ3v) is 4.46. The molecule has 104 valence electrons. The van der Waals surface area contributed by atoms with E-state index in [1.54, 1.807) is 6.07 Å². The minimum absolute atomic E-state index is 0.0322. The van der Waals surface area contributed by atoms with Gasteiger partial charge in [-0.2, -0.15) is 0 Å². The van der Waals surface area contributed by atoms with Gasteiger partial charge >= 0.3 is 0 Å². The van der Waals surface area contributed by atoms with Crippen LogP contribution in [-0.4, -0.2) is 16.0 Å². The van der Waals surface area contributed by atoms with Crippen LogP contribution in [0.1, 0.15) is 63.6 Å². The number of hydrogen-bond acceptors (Lipinski definition) is 3. The molecule has 2 aliphatic carbocycles. The summed E-state index contributed by atoms with van der Waals surface area (Å²) in [6, 6.07) is 1.99. The Labute approximate surface area is 114 Å². The molecule has 0 saturated heterocycles. The number of rotatable bonds is 4. The molecule has 0 spiro atoms. The van der Waals surface area contributed by atoms with Crippen molar-refractivity contribution < 1.29 is 0 Å². The summed E-state index contributed by atoms with van der Waals surface area (Å²) < 4.78 is 0. The number of aromatic nitrogens is 2. The van der Waals surface area contributed by atoms with E-state index in [1.165, 1.54) is 32.1 Å². The first-order valence-corrected chi connectivity index (χ1v) is 7.60. The molecule has 4 nitrogen and oxygen atoms in total. The minimum atomic E-state index is -0.0322. The van der Waals surface area contributed by atoms with Crippen LogP contribution in [0.4, 0.5) is 5.82 Å². The number of aromatic amines is 1. The summed E-state index contributed by atoms with van der Waals surface area (Å²) >= 11 is 0. The number of hydrogen-bond donors (Lipinski definition) is 2. The molecule has 2 fully saturated rings. The molecular weight excluding hydrogens is 238 g/mol. The van der Waals surface area contributed by atoms with Gasteiger partial charge in [0.15, 0.2) is 0 Å². The molecule has 4 heteroatoms. The van der Waals surface area contributed by atoms with E-state index in [0.717, 1.165) is 30.4 Å². The molecule has 1 atom stereocenters. The summed E-state index contributed by atoms with van der Waals surface area (Å²) in [5.41, 5.74) is -0.0322. The van der Waals surface area contributed by atoms with Crippen molar-refractivity contribution in [1.29, 1.82) is 0 Å². The molecule has 0 aliphatic heterocycles. The summed E-state index contributed by atoms with van der Waals surface area (Å²) in [6.07, 6.45) is 8.97. The van der Waals surface area contributed by atoms with E-state index >= 15 is 0 Å². The van der Waals surface area contributed by atoms with Crippen molar-refractivity contribution in [3.63, 3.8) is 0 Å². The van der Waals surface area contributed by atoms with Crippen molar-refractivity contribution in [2.75, 3.05) is 5.32 Å². The van der Waals surface area contributed by atoms with Crippen molar-refractivity contribution in [2.24, 2.45) is 5.92 Å². The first-order valence-electron chi connectivity index (χ1n) is 7.60. The van der Waals surface area contributed by atoms with Gasteiger partial charge in [0.25, 0.3) is 5.56 Å². The molecule has 0 amide bonds. The van der Waals surface area contributed by atoms with E-state index in [4.69, 9.17) is 0 Å². The van der Waals surface area contributed by atoms with Crippen LogP contribution >= 0.6 is 0 Å². The zero-order chi connectivity index (χ0) is 13.2. The second kappa shape index (κ2) is 5.35. The second-order valence-corrected chi connectivity index (χ2v) is 6.12. The number of nitrogens with zero attached hydrogens (tertiary/aromatic N) is 1. The summed E-state index contributed by atoms with van der Waals surface area (Å²) in [5.74, 6) is 2.83. The largest absolute Gasteiger partial charge is 0.367 e. The highest BCUT2D eigenvalue weighted by Crippen LogP contribution is 2.37. The first kappa shape index (κ1) is 12.7. The topological polar surface area (TPSA) is 57.8 Å². The van der Waals surface area contributed by atoms with Gasteiger partial charge in [0, 0.05) is 18.0 Å². The van der Waals surface area contributed by atoms with E-state index in [2.05, 4.69) is 22.2 Å². The molecule has 3 rings (SSSR count). The van der Waals surface area contributed by atoms with Gasteiger partial charge < -0.3 is 10.3 Å². The molecule has 1 aromatic heterocycles. The maximum Gasteiger partial charge on any atom is 0.252 e. The predicted molar refractivity (Wildman–Crippen MR) is 76.5 cm³/mol. The quantitative estimate of drug-likeness (QED) is 0.876. The van der Waals surface area contributed by atoms with Crippen LogP contribution < -0.4 is 10.9 Å². The maximum atomic E-state index is 11.7. The van der Waals surface area contributed by atoms with E-state index in [9.17, 15) is 4.79 Å². The summed E-state index contributed by atoms with van der Waals surface area (Å²) in [6.45, 7) is 2.22. The lowest BCUT2D eigenvalue weighted by Gasteiger charge is -2.28. The first-order chi connectivity index (χ1) is 9.22. The van der Waals surface area contributed by atoms with Crippen LogP contribution in [0.25, 0.3) is 0 Å². The summed E-state index contributed by atoms with van der Waals surface area (Å²) in [4.78, 5) is 19.1. The van der Waals surface area contributed by atoms with Gasteiger partial charge in [-0.3, -0.25) is 4.79 Å². The third-order valence-electron chi connectivity index (χ3n) is 4.46. The van der Waals surface area contributed by atoms with Crippen LogP contribution in [0.2, 0.25) is 0 Å². The van der Waals surface area contributed by atoms with Gasteiger partial charge in [0.1, 0.15) is 11.6 Å². The molecule has 2 N–H and O–H groups in total. The average Bonchev–Trinajstić information content (AvgIpc) is 3.23. The number of anilines is 1. The van der Waals surface area contributed by atoms with Gasteiger partial charge in [-0.05, 0) is 38.5 Å². The van der Waals surface area contributed by atoms with Crippen molar-refractivity contribution in [1.82, 2.24) is 9.97 Å². The lowest BCUT2D eigenvalue weighted by Crippen LogP contribution is -2.29. The Morgan fingerprint density at radius 2 is 2.00 bits per heavy atom. The number of H-pyrrole nitrogens is 1. The zero-order valence-corrected chi connectivity index (χ0v) is 11.6. The van der Waals surface area contributed by atoms with E-state index in [1.807, 2.05) is 0 Å². The molecule has 1 aromatic rings. The Kier molecular flexibility index (Phi) is 3.58. The van der Waals surface area contributed by atoms with E-state index < -0.39 is 0 Å². The van der Waals surface area contributed by atoms with Crippen LogP contribution in [0.5, 0.6) is 0 Å². The van der Waals surface area contributed by atoms with Crippen molar-refractivity contribution >= 4 is 5.82 Å². The molecular formula is C15H23N3O. The fraction of sp³-hybridized carbons (Fsp3) is 0.733. The van der Waals surface area contributed by atoms with Crippen LogP contribution in [0.15, 0.2) is 10.9 Å². The molecule has 19 heavy (non-hydrogen) atoms. The molecule has 1 heterocycles. The Hall–Kier alpha value is -1.32. The van der Waals surface area contributed by atoms with Crippen molar-refractivity contribution in [3.8, 4) is 0 Å². The Bertz CT molecular complexity index is 486. The number of nitrogens with one attached hydrogen (secondary N) is 2. The van der Waals surface area contributed by atoms with Crippen molar-refractivity contribution in [2.45, 2.75) is 63.8 Å². The monoisotopic (exact) mass is 261 g/mol. The zero-order valence-electron chi connectivity index (χ0n) is 11.6. The molecule has 0 radical (unpaired) electrons. The van der Waals surface area contributed by atoms with Gasteiger partial charge in [-0.1, -0.05) is 19.3 Å². The Morgan fingerprint density at radius 3 is 2.68 bits per heavy atom. The SMILES string of the molecule is CC(Nc1cc(=O)[nH]c(C2CC2)n1)C1CCCCC1. The van der Waals surface area contributed by atoms with Crippen LogP contribution in [0.3, 0.4) is 0 Å². The van der Waals surface area contributed by atoms with Gasteiger partial charge in [0.2, 0.25) is 0 Å². The maximum absolute atomic E-state index is 11.7. The smallest absolute Gasteiger partial charge is 0.252 e. The average molecular weight is 261 g/mol. The van der Waals surface area contributed by atoms with Gasteiger partial charge in [-0.25, -0.2) is 4.98 Å². The minimum Gasteiger partial charge on any atom is -0.367 e. The fourth-order valence-corrected chi connectivity index (χ4v) is 3.09. The van der Waals surface area contributed by atoms with E-state index in [0.29, 0.717) is 12.0 Å². The molecule has 0 aromatic carbocycles. The van der Waals surface area contributed by atoms with Gasteiger partial charge in [0.05, 0.1) is 0 Å². The van der Waals surface area contributed by atoms with Crippen LogP contribution in [-0.2, 0) is 0 Å². The van der Waals surface area contributed by atoms with Crippen molar-refractivity contribution in [3.05, 3.63) is 22.2 Å². The third kappa shape index (κ3) is 3.17. The fourth-order valence-electron chi connectivity index (χ4n) is 3.09. The highest BCUT2D eigenvalue weighted by Gasteiger charge is 2.27. The highest BCUT2D eigenvalue weighted by atomic mass is 16.1. The lowest BCUT2D eigenvalue weighted by atomic mass is 9.84. The standard InChI is InChI=1S/C15H23N3O/c1-10(11-5-3-2-4-6-11)16-13-9-14(19)18-15(17-13)12-7-8-12/h9-12H,2-8H2,1H3,(H2,16,17,18,19). The molecule has 1 unspecified atom stereocenters.